The number of nitriles is 1. The van der Waals surface area contributed by atoms with Crippen LogP contribution in [0.5, 0.6) is 0 Å². The largest absolute Gasteiger partial charge is 0.389 e. The fraction of sp³-hybridized carbons (Fsp3) is 0.923. The van der Waals surface area contributed by atoms with E-state index in [1.54, 1.807) is 0 Å². The van der Waals surface area contributed by atoms with Crippen molar-refractivity contribution in [2.45, 2.75) is 64.0 Å². The Morgan fingerprint density at radius 1 is 1.12 bits per heavy atom. The van der Waals surface area contributed by atoms with Gasteiger partial charge in [0.2, 0.25) is 0 Å². The van der Waals surface area contributed by atoms with E-state index in [2.05, 4.69) is 6.07 Å². The van der Waals surface area contributed by atoms with Gasteiger partial charge in [0.15, 0.2) is 0 Å². The predicted octanol–water partition coefficient (Wildman–Crippen LogP) is 4.83. The van der Waals surface area contributed by atoms with Crippen molar-refractivity contribution in [3.8, 4) is 6.07 Å². The summed E-state index contributed by atoms with van der Waals surface area (Å²) in [6, 6.07) is 2.22. The number of alkyl halides is 3. The molecule has 1 saturated carbocycles. The molecule has 4 heteroatoms. The molecule has 0 aromatic rings. The van der Waals surface area contributed by atoms with Crippen LogP contribution in [0.1, 0.15) is 57.8 Å². The minimum absolute atomic E-state index is 0.0955. The molecule has 1 nitrogen and oxygen atoms in total. The Hall–Kier alpha value is -0.720. The predicted molar refractivity (Wildman–Crippen MR) is 60.2 cm³/mol. The minimum Gasteiger partial charge on any atom is -0.198 e. The highest BCUT2D eigenvalue weighted by Crippen LogP contribution is 2.32. The highest BCUT2D eigenvalue weighted by atomic mass is 19.4. The van der Waals surface area contributed by atoms with E-state index in [0.717, 1.165) is 25.7 Å². The van der Waals surface area contributed by atoms with Crippen LogP contribution in [-0.4, -0.2) is 6.18 Å². The topological polar surface area (TPSA) is 23.8 Å². The standard InChI is InChI=1S/C13H20F3N/c14-13(15,16)9-5-8-12(10-17)11-6-3-1-2-4-7-11/h11-12H,1-9H2. The summed E-state index contributed by atoms with van der Waals surface area (Å²) in [4.78, 5) is 0. The van der Waals surface area contributed by atoms with E-state index >= 15 is 0 Å². The van der Waals surface area contributed by atoms with Gasteiger partial charge in [0.1, 0.15) is 0 Å². The average molecular weight is 247 g/mol. The third kappa shape index (κ3) is 5.95. The summed E-state index contributed by atoms with van der Waals surface area (Å²) in [5, 5.41) is 9.07. The summed E-state index contributed by atoms with van der Waals surface area (Å²) in [6.07, 6.45) is 2.37. The number of rotatable bonds is 4. The van der Waals surface area contributed by atoms with Crippen molar-refractivity contribution in [3.05, 3.63) is 0 Å². The van der Waals surface area contributed by atoms with Crippen LogP contribution in [0.25, 0.3) is 0 Å². The second kappa shape index (κ2) is 6.88. The fourth-order valence-electron chi connectivity index (χ4n) is 2.64. The molecule has 0 heterocycles. The van der Waals surface area contributed by atoms with Crippen LogP contribution in [0.4, 0.5) is 13.2 Å². The third-order valence-electron chi connectivity index (χ3n) is 3.61. The number of nitrogens with zero attached hydrogens (tertiary/aromatic N) is 1. The van der Waals surface area contributed by atoms with Crippen LogP contribution in [0, 0.1) is 23.2 Å². The van der Waals surface area contributed by atoms with E-state index in [9.17, 15) is 13.2 Å². The maximum atomic E-state index is 12.0. The van der Waals surface area contributed by atoms with Gasteiger partial charge < -0.3 is 0 Å². The minimum atomic E-state index is -4.08. The second-order valence-corrected chi connectivity index (χ2v) is 4.99. The Kier molecular flexibility index (Phi) is 5.80. The van der Waals surface area contributed by atoms with Crippen molar-refractivity contribution in [1.82, 2.24) is 0 Å². The molecule has 0 radical (unpaired) electrons. The molecule has 1 fully saturated rings. The molecular formula is C13H20F3N. The lowest BCUT2D eigenvalue weighted by Crippen LogP contribution is -2.14. The molecule has 17 heavy (non-hydrogen) atoms. The Morgan fingerprint density at radius 3 is 2.18 bits per heavy atom. The molecule has 1 rings (SSSR count). The summed E-state index contributed by atoms with van der Waals surface area (Å²) < 4.78 is 36.1. The van der Waals surface area contributed by atoms with Gasteiger partial charge in [0.05, 0.1) is 6.07 Å². The molecule has 0 N–H and O–H groups in total. The lowest BCUT2D eigenvalue weighted by atomic mass is 9.84. The van der Waals surface area contributed by atoms with Crippen LogP contribution >= 0.6 is 0 Å². The van der Waals surface area contributed by atoms with Gasteiger partial charge in [-0.2, -0.15) is 18.4 Å². The summed E-state index contributed by atoms with van der Waals surface area (Å²) in [6.45, 7) is 0. The number of halogens is 3. The van der Waals surface area contributed by atoms with E-state index in [1.165, 1.54) is 12.8 Å². The second-order valence-electron chi connectivity index (χ2n) is 4.99. The van der Waals surface area contributed by atoms with Gasteiger partial charge in [0.25, 0.3) is 0 Å². The van der Waals surface area contributed by atoms with Crippen molar-refractivity contribution in [3.63, 3.8) is 0 Å². The van der Waals surface area contributed by atoms with E-state index < -0.39 is 12.6 Å². The van der Waals surface area contributed by atoms with E-state index in [-0.39, 0.29) is 12.3 Å². The van der Waals surface area contributed by atoms with Crippen molar-refractivity contribution < 1.29 is 13.2 Å². The Morgan fingerprint density at radius 2 is 1.71 bits per heavy atom. The Bertz CT molecular complexity index is 246. The average Bonchev–Trinajstić information content (AvgIpc) is 2.51. The van der Waals surface area contributed by atoms with Crippen molar-refractivity contribution >= 4 is 0 Å². The van der Waals surface area contributed by atoms with E-state index in [4.69, 9.17) is 5.26 Å². The van der Waals surface area contributed by atoms with Gasteiger partial charge in [-0.15, -0.1) is 0 Å². The molecular weight excluding hydrogens is 227 g/mol. The highest BCUT2D eigenvalue weighted by Gasteiger charge is 2.28. The molecule has 0 bridgehead atoms. The molecule has 1 unspecified atom stereocenters. The van der Waals surface area contributed by atoms with Gasteiger partial charge in [0, 0.05) is 12.3 Å². The van der Waals surface area contributed by atoms with E-state index in [0.29, 0.717) is 12.3 Å². The van der Waals surface area contributed by atoms with Gasteiger partial charge in [-0.25, -0.2) is 0 Å². The van der Waals surface area contributed by atoms with Gasteiger partial charge >= 0.3 is 6.18 Å². The Labute approximate surface area is 101 Å². The molecule has 1 aliphatic carbocycles. The molecule has 0 spiro atoms. The zero-order chi connectivity index (χ0) is 12.7. The third-order valence-corrected chi connectivity index (χ3v) is 3.61. The summed E-state index contributed by atoms with van der Waals surface area (Å²) in [5.74, 6) is 0.159. The fourth-order valence-corrected chi connectivity index (χ4v) is 2.64. The normalized spacial score (nSPS) is 20.6. The zero-order valence-corrected chi connectivity index (χ0v) is 10.1. The van der Waals surface area contributed by atoms with Crippen molar-refractivity contribution in [2.24, 2.45) is 11.8 Å². The first kappa shape index (κ1) is 14.3. The van der Waals surface area contributed by atoms with Crippen LogP contribution in [0.2, 0.25) is 0 Å². The van der Waals surface area contributed by atoms with Crippen molar-refractivity contribution in [2.75, 3.05) is 0 Å². The maximum absolute atomic E-state index is 12.0. The smallest absolute Gasteiger partial charge is 0.198 e. The SMILES string of the molecule is N#CC(CCCC(F)(F)F)C1CCCCCC1. The summed E-state index contributed by atoms with van der Waals surface area (Å²) >= 11 is 0. The molecule has 1 atom stereocenters. The first-order valence-electron chi connectivity index (χ1n) is 6.49. The van der Waals surface area contributed by atoms with Crippen LogP contribution in [0.3, 0.4) is 0 Å². The lowest BCUT2D eigenvalue weighted by Gasteiger charge is -2.20. The molecule has 1 aliphatic rings. The molecule has 0 amide bonds. The van der Waals surface area contributed by atoms with Crippen molar-refractivity contribution in [1.29, 1.82) is 5.26 Å². The molecule has 0 aliphatic heterocycles. The lowest BCUT2D eigenvalue weighted by molar-refractivity contribution is -0.136. The summed E-state index contributed by atoms with van der Waals surface area (Å²) in [5.41, 5.74) is 0. The number of hydrogen-bond donors (Lipinski definition) is 0. The quantitative estimate of drug-likeness (QED) is 0.653. The van der Waals surface area contributed by atoms with Gasteiger partial charge in [-0.05, 0) is 31.6 Å². The number of hydrogen-bond acceptors (Lipinski definition) is 1. The molecule has 0 aromatic heterocycles. The monoisotopic (exact) mass is 247 g/mol. The first-order chi connectivity index (χ1) is 8.03. The maximum Gasteiger partial charge on any atom is 0.389 e. The van der Waals surface area contributed by atoms with Crippen LogP contribution in [-0.2, 0) is 0 Å². The van der Waals surface area contributed by atoms with Gasteiger partial charge in [-0.3, -0.25) is 0 Å². The van der Waals surface area contributed by atoms with Crippen LogP contribution < -0.4 is 0 Å². The highest BCUT2D eigenvalue weighted by molar-refractivity contribution is 4.88. The zero-order valence-electron chi connectivity index (χ0n) is 10.1. The molecule has 0 aromatic carbocycles. The van der Waals surface area contributed by atoms with Gasteiger partial charge in [-0.1, -0.05) is 25.7 Å². The molecule has 98 valence electrons. The summed E-state index contributed by atoms with van der Waals surface area (Å²) in [7, 11) is 0. The Balaban J connectivity index is 2.34. The first-order valence-corrected chi connectivity index (χ1v) is 6.49. The van der Waals surface area contributed by atoms with Crippen LogP contribution in [0.15, 0.2) is 0 Å². The molecule has 0 saturated heterocycles. The van der Waals surface area contributed by atoms with E-state index in [1.807, 2.05) is 0 Å².